The third-order valence-corrected chi connectivity index (χ3v) is 4.32. The molecule has 1 fully saturated rings. The number of hydrogen-bond donors (Lipinski definition) is 1. The van der Waals surface area contributed by atoms with Crippen molar-refractivity contribution in [3.8, 4) is 0 Å². The second-order valence-electron chi connectivity index (χ2n) is 5.34. The fourth-order valence-corrected chi connectivity index (χ4v) is 3.12. The Labute approximate surface area is 126 Å². The number of anilines is 1. The summed E-state index contributed by atoms with van der Waals surface area (Å²) in [6.45, 7) is 1.90. The molecule has 5 nitrogen and oxygen atoms in total. The molecule has 0 spiro atoms. The summed E-state index contributed by atoms with van der Waals surface area (Å²) in [5.41, 5.74) is 2.36. The number of furan rings is 1. The average molecular weight is 303 g/mol. The van der Waals surface area contributed by atoms with Gasteiger partial charge in [-0.05, 0) is 31.7 Å². The van der Waals surface area contributed by atoms with Crippen molar-refractivity contribution in [2.24, 2.45) is 0 Å². The molecule has 3 aromatic rings. The molecule has 0 unspecified atom stereocenters. The number of fused-ring (bicyclic) bond motifs is 3. The zero-order chi connectivity index (χ0) is 14.4. The minimum absolute atomic E-state index is 0.494. The second kappa shape index (κ2) is 4.86. The zero-order valence-electron chi connectivity index (χ0n) is 11.6. The fourth-order valence-electron chi connectivity index (χ4n) is 2.95. The van der Waals surface area contributed by atoms with E-state index in [2.05, 4.69) is 20.2 Å². The number of benzene rings is 1. The minimum atomic E-state index is 0.494. The Hall–Kier alpha value is -1.85. The largest absolute Gasteiger partial charge is 0.450 e. The third-order valence-electron chi connectivity index (χ3n) is 4.09. The van der Waals surface area contributed by atoms with Crippen LogP contribution in [0.15, 0.2) is 28.9 Å². The SMILES string of the molecule is CN[C@H]1CCN(c2ncnc3c2oc2ccc(Cl)cc23)C1. The van der Waals surface area contributed by atoms with E-state index in [9.17, 15) is 0 Å². The number of rotatable bonds is 2. The van der Waals surface area contributed by atoms with Crippen LogP contribution in [-0.4, -0.2) is 36.1 Å². The van der Waals surface area contributed by atoms with Gasteiger partial charge in [0.05, 0.1) is 0 Å². The average Bonchev–Trinajstić information content (AvgIpc) is 3.11. The Kier molecular flexibility index (Phi) is 2.97. The highest BCUT2D eigenvalue weighted by Gasteiger charge is 2.25. The van der Waals surface area contributed by atoms with Gasteiger partial charge in [0.2, 0.25) is 0 Å². The van der Waals surface area contributed by atoms with Gasteiger partial charge >= 0.3 is 0 Å². The molecule has 3 heterocycles. The van der Waals surface area contributed by atoms with Gasteiger partial charge in [-0.15, -0.1) is 0 Å². The lowest BCUT2D eigenvalue weighted by Gasteiger charge is -2.16. The maximum Gasteiger partial charge on any atom is 0.196 e. The number of likely N-dealkylation sites (N-methyl/N-ethyl adjacent to an activating group) is 1. The van der Waals surface area contributed by atoms with Crippen molar-refractivity contribution in [2.45, 2.75) is 12.5 Å². The Bertz CT molecular complexity index is 816. The molecule has 1 aromatic carbocycles. The van der Waals surface area contributed by atoms with E-state index in [-0.39, 0.29) is 0 Å². The highest BCUT2D eigenvalue weighted by Crippen LogP contribution is 2.34. The number of nitrogens with one attached hydrogen (secondary N) is 1. The van der Waals surface area contributed by atoms with Crippen LogP contribution in [0.25, 0.3) is 22.1 Å². The van der Waals surface area contributed by atoms with Crippen molar-refractivity contribution in [1.82, 2.24) is 15.3 Å². The molecule has 4 rings (SSSR count). The molecule has 0 saturated carbocycles. The lowest BCUT2D eigenvalue weighted by molar-refractivity contribution is 0.615. The van der Waals surface area contributed by atoms with Crippen molar-refractivity contribution in [2.75, 3.05) is 25.0 Å². The van der Waals surface area contributed by atoms with Gasteiger partial charge in [-0.2, -0.15) is 0 Å². The molecule has 2 aromatic heterocycles. The zero-order valence-corrected chi connectivity index (χ0v) is 12.4. The molecule has 1 atom stereocenters. The van der Waals surface area contributed by atoms with Gasteiger partial charge in [0.15, 0.2) is 11.4 Å². The first-order valence-corrected chi connectivity index (χ1v) is 7.39. The Morgan fingerprint density at radius 1 is 1.38 bits per heavy atom. The van der Waals surface area contributed by atoms with Crippen LogP contribution in [0.4, 0.5) is 5.82 Å². The summed E-state index contributed by atoms with van der Waals surface area (Å²) in [4.78, 5) is 11.1. The lowest BCUT2D eigenvalue weighted by Crippen LogP contribution is -2.29. The highest BCUT2D eigenvalue weighted by atomic mass is 35.5. The molecule has 6 heteroatoms. The van der Waals surface area contributed by atoms with Crippen molar-refractivity contribution in [1.29, 1.82) is 0 Å². The predicted molar refractivity (Wildman–Crippen MR) is 84.0 cm³/mol. The molecule has 0 bridgehead atoms. The van der Waals surface area contributed by atoms with Gasteiger partial charge in [-0.25, -0.2) is 9.97 Å². The van der Waals surface area contributed by atoms with E-state index in [0.29, 0.717) is 11.1 Å². The molecule has 0 aliphatic carbocycles. The molecule has 1 aliphatic rings. The first kappa shape index (κ1) is 12.9. The monoisotopic (exact) mass is 302 g/mol. The highest BCUT2D eigenvalue weighted by molar-refractivity contribution is 6.31. The molecule has 1 aliphatic heterocycles. The number of aromatic nitrogens is 2. The van der Waals surface area contributed by atoms with E-state index in [1.807, 2.05) is 25.2 Å². The summed E-state index contributed by atoms with van der Waals surface area (Å²) in [6, 6.07) is 6.09. The summed E-state index contributed by atoms with van der Waals surface area (Å²) >= 11 is 6.08. The van der Waals surface area contributed by atoms with Gasteiger partial charge in [0.25, 0.3) is 0 Å². The van der Waals surface area contributed by atoms with E-state index >= 15 is 0 Å². The van der Waals surface area contributed by atoms with Crippen LogP contribution in [0.2, 0.25) is 5.02 Å². The van der Waals surface area contributed by atoms with Crippen LogP contribution >= 0.6 is 11.6 Å². The van der Waals surface area contributed by atoms with Crippen LogP contribution in [0.5, 0.6) is 0 Å². The minimum Gasteiger partial charge on any atom is -0.450 e. The molecule has 0 amide bonds. The number of hydrogen-bond acceptors (Lipinski definition) is 5. The first-order valence-electron chi connectivity index (χ1n) is 7.01. The van der Waals surface area contributed by atoms with Crippen molar-refractivity contribution >= 4 is 39.5 Å². The van der Waals surface area contributed by atoms with Gasteiger partial charge in [0, 0.05) is 29.5 Å². The van der Waals surface area contributed by atoms with Gasteiger partial charge in [0.1, 0.15) is 17.4 Å². The van der Waals surface area contributed by atoms with Crippen LogP contribution in [-0.2, 0) is 0 Å². The smallest absolute Gasteiger partial charge is 0.196 e. The molecule has 1 N–H and O–H groups in total. The number of nitrogens with zero attached hydrogens (tertiary/aromatic N) is 3. The summed E-state index contributed by atoms with van der Waals surface area (Å²) in [5.74, 6) is 0.866. The molecule has 0 radical (unpaired) electrons. The maximum atomic E-state index is 6.08. The maximum absolute atomic E-state index is 6.08. The molecular formula is C15H15ClN4O. The Morgan fingerprint density at radius 2 is 2.29 bits per heavy atom. The summed E-state index contributed by atoms with van der Waals surface area (Å²) < 4.78 is 5.97. The quantitative estimate of drug-likeness (QED) is 0.789. The molecule has 108 valence electrons. The first-order chi connectivity index (χ1) is 10.3. The van der Waals surface area contributed by atoms with Crippen molar-refractivity contribution in [3.63, 3.8) is 0 Å². The topological polar surface area (TPSA) is 54.2 Å². The standard InChI is InChI=1S/C15H15ClN4O/c1-17-10-4-5-20(7-10)15-14-13(18-8-19-15)11-6-9(16)2-3-12(11)21-14/h2-3,6,8,10,17H,4-5,7H2,1H3/t10-/m0/s1. The van der Waals surface area contributed by atoms with Crippen LogP contribution < -0.4 is 10.2 Å². The Morgan fingerprint density at radius 3 is 3.10 bits per heavy atom. The van der Waals surface area contributed by atoms with Gasteiger partial charge in [-0.3, -0.25) is 0 Å². The summed E-state index contributed by atoms with van der Waals surface area (Å²) in [7, 11) is 1.99. The van der Waals surface area contributed by atoms with Crippen molar-refractivity contribution in [3.05, 3.63) is 29.5 Å². The van der Waals surface area contributed by atoms with Crippen LogP contribution in [0.3, 0.4) is 0 Å². The van der Waals surface area contributed by atoms with E-state index in [1.54, 1.807) is 6.33 Å². The van der Waals surface area contributed by atoms with Gasteiger partial charge < -0.3 is 14.6 Å². The van der Waals surface area contributed by atoms with Crippen LogP contribution in [0, 0.1) is 0 Å². The summed E-state index contributed by atoms with van der Waals surface area (Å²) in [6.07, 6.45) is 2.70. The second-order valence-corrected chi connectivity index (χ2v) is 5.77. The normalized spacial score (nSPS) is 19.0. The lowest BCUT2D eigenvalue weighted by atomic mass is 10.2. The molecule has 21 heavy (non-hydrogen) atoms. The predicted octanol–water partition coefficient (Wildman–Crippen LogP) is 2.83. The van der Waals surface area contributed by atoms with E-state index in [1.165, 1.54) is 0 Å². The Balaban J connectivity index is 1.88. The van der Waals surface area contributed by atoms with E-state index < -0.39 is 0 Å². The fraction of sp³-hybridized carbons (Fsp3) is 0.333. The van der Waals surface area contributed by atoms with Gasteiger partial charge in [-0.1, -0.05) is 11.6 Å². The summed E-state index contributed by atoms with van der Waals surface area (Å²) in [5, 5.41) is 4.93. The number of halogens is 1. The van der Waals surface area contributed by atoms with E-state index in [0.717, 1.165) is 47.4 Å². The third kappa shape index (κ3) is 2.04. The molecular weight excluding hydrogens is 288 g/mol. The van der Waals surface area contributed by atoms with E-state index in [4.69, 9.17) is 16.0 Å². The van der Waals surface area contributed by atoms with Crippen molar-refractivity contribution < 1.29 is 4.42 Å². The van der Waals surface area contributed by atoms with Crippen LogP contribution in [0.1, 0.15) is 6.42 Å². The molecule has 1 saturated heterocycles.